The van der Waals surface area contributed by atoms with Crippen LogP contribution >= 0.6 is 57.5 Å². The van der Waals surface area contributed by atoms with Gasteiger partial charge in [0.2, 0.25) is 5.91 Å². The van der Waals surface area contributed by atoms with Crippen LogP contribution in [-0.2, 0) is 23.9 Å². The van der Waals surface area contributed by atoms with Crippen molar-refractivity contribution in [1.82, 2.24) is 49.6 Å². The Morgan fingerprint density at radius 3 is 1.27 bits per heavy atom. The first-order valence-corrected chi connectivity index (χ1v) is 32.8. The molecule has 3 aliphatic heterocycles. The van der Waals surface area contributed by atoms with Gasteiger partial charge < -0.3 is 19.5 Å². The molecule has 12 rings (SSSR count). The van der Waals surface area contributed by atoms with Crippen molar-refractivity contribution in [2.24, 2.45) is 15.0 Å². The number of nitrogens with one attached hydrogen (secondary N) is 1. The van der Waals surface area contributed by atoms with E-state index in [2.05, 4.69) is 63.6 Å². The van der Waals surface area contributed by atoms with Gasteiger partial charge in [-0.15, -0.1) is 53.3 Å². The van der Waals surface area contributed by atoms with Crippen molar-refractivity contribution in [2.45, 2.75) is 146 Å². The van der Waals surface area contributed by atoms with Crippen LogP contribution in [0.15, 0.2) is 106 Å². The lowest BCUT2D eigenvalue weighted by Gasteiger charge is -2.21. The molecule has 0 bridgehead atoms. The predicted octanol–water partition coefficient (Wildman–Crippen LogP) is 14.7. The number of halogens is 3. The number of amides is 1. The maximum Gasteiger partial charge on any atom is 0.308 e. The lowest BCUT2D eigenvalue weighted by Crippen LogP contribution is -2.25. The Bertz CT molecular complexity index is 4190. The summed E-state index contributed by atoms with van der Waals surface area (Å²) in [6, 6.07) is 27.1. The van der Waals surface area contributed by atoms with E-state index in [1.165, 1.54) is 9.75 Å². The molecule has 478 valence electrons. The van der Waals surface area contributed by atoms with Crippen LogP contribution in [0.2, 0.25) is 15.1 Å². The molecule has 3 aliphatic rings. The molecule has 1 amide bonds. The molecule has 4 aromatic carbocycles. The Balaban J connectivity index is 0.000000151. The van der Waals surface area contributed by atoms with Crippen LogP contribution in [0, 0.1) is 48.5 Å². The maximum atomic E-state index is 12.7. The summed E-state index contributed by atoms with van der Waals surface area (Å²) in [4.78, 5) is 55.4. The molecule has 0 aliphatic carbocycles. The van der Waals surface area contributed by atoms with Crippen molar-refractivity contribution < 1.29 is 28.6 Å². The highest BCUT2D eigenvalue weighted by molar-refractivity contribution is 7.15. The largest absolute Gasteiger partial charge is 0.497 e. The molecule has 0 spiro atoms. The van der Waals surface area contributed by atoms with Gasteiger partial charge >= 0.3 is 11.9 Å². The van der Waals surface area contributed by atoms with Gasteiger partial charge in [-0.05, 0) is 163 Å². The molecule has 5 aromatic heterocycles. The normalized spacial score (nSPS) is 15.5. The summed E-state index contributed by atoms with van der Waals surface area (Å²) in [5, 5.41) is 32.9. The zero-order valence-corrected chi connectivity index (χ0v) is 57.9. The second-order valence-electron chi connectivity index (χ2n) is 24.4. The van der Waals surface area contributed by atoms with E-state index in [0.29, 0.717) is 44.8 Å². The first kappa shape index (κ1) is 66.7. The summed E-state index contributed by atoms with van der Waals surface area (Å²) in [5.41, 5.74) is 10.2. The number of carbonyl (C=O) groups excluding carboxylic acids is 3. The molecule has 3 atom stereocenters. The van der Waals surface area contributed by atoms with Gasteiger partial charge in [-0.3, -0.25) is 43.1 Å². The second-order valence-corrected chi connectivity index (χ2v) is 28.1. The van der Waals surface area contributed by atoms with E-state index in [9.17, 15) is 14.4 Å². The summed E-state index contributed by atoms with van der Waals surface area (Å²) in [6.45, 7) is 27.7. The lowest BCUT2D eigenvalue weighted by molar-refractivity contribution is -0.156. The van der Waals surface area contributed by atoms with Gasteiger partial charge in [0.25, 0.3) is 0 Å². The Morgan fingerprint density at radius 1 is 0.511 bits per heavy atom. The molecule has 0 fully saturated rings. The van der Waals surface area contributed by atoms with Crippen molar-refractivity contribution in [3.63, 3.8) is 0 Å². The Morgan fingerprint density at radius 2 is 0.880 bits per heavy atom. The third kappa shape index (κ3) is 14.4. The third-order valence-electron chi connectivity index (χ3n) is 15.3. The summed E-state index contributed by atoms with van der Waals surface area (Å²) >= 11 is 21.7. The van der Waals surface area contributed by atoms with Crippen LogP contribution in [0.5, 0.6) is 5.75 Å². The summed E-state index contributed by atoms with van der Waals surface area (Å²) < 4.78 is 22.6. The number of hydrogen-bond donors (Lipinski definition) is 1. The number of carbonyl (C=O) groups is 3. The minimum absolute atomic E-state index is 0.0828. The average Bonchev–Trinajstić information content (AvgIpc) is 1.61. The topological polar surface area (TPSA) is 220 Å². The van der Waals surface area contributed by atoms with Gasteiger partial charge in [0.05, 0.1) is 49.2 Å². The van der Waals surface area contributed by atoms with E-state index in [1.807, 2.05) is 174 Å². The predicted molar refractivity (Wildman–Crippen MR) is 363 cm³/mol. The van der Waals surface area contributed by atoms with Crippen molar-refractivity contribution in [1.29, 1.82) is 0 Å². The number of methoxy groups -OCH3 is 1. The number of esters is 2. The molecular weight excluding hydrogens is 1270 g/mol. The number of ether oxygens (including phenoxy) is 3. The number of nitrogens with zero attached hydrogens (tertiary/aromatic N) is 12. The van der Waals surface area contributed by atoms with Crippen LogP contribution in [-0.4, -0.2) is 104 Å². The first-order valence-electron chi connectivity index (χ1n) is 30.0. The van der Waals surface area contributed by atoms with Gasteiger partial charge in [0, 0.05) is 64.7 Å². The van der Waals surface area contributed by atoms with Gasteiger partial charge in [0.1, 0.15) is 62.6 Å². The number of aliphatic imine (C=N–C) groups is 3. The fourth-order valence-electron chi connectivity index (χ4n) is 11.0. The Hall–Kier alpha value is -8.21. The van der Waals surface area contributed by atoms with Crippen molar-refractivity contribution >= 4 is 92.5 Å². The lowest BCUT2D eigenvalue weighted by atomic mass is 9.99. The van der Waals surface area contributed by atoms with Crippen LogP contribution in [0.4, 0.5) is 0 Å². The highest BCUT2D eigenvalue weighted by Crippen LogP contribution is 2.43. The van der Waals surface area contributed by atoms with Gasteiger partial charge in [-0.25, -0.2) is 0 Å². The van der Waals surface area contributed by atoms with Crippen LogP contribution in [0.1, 0.15) is 175 Å². The van der Waals surface area contributed by atoms with E-state index >= 15 is 0 Å². The smallest absolute Gasteiger partial charge is 0.308 e. The molecular formula is C68H72Cl3N13O6S2. The molecule has 9 aromatic rings. The number of fused-ring (bicyclic) bond motifs is 9. The highest BCUT2D eigenvalue weighted by atomic mass is 35.5. The molecule has 19 nitrogen and oxygen atoms in total. The molecule has 92 heavy (non-hydrogen) atoms. The second kappa shape index (κ2) is 27.2. The number of aromatic nitrogens is 9. The zero-order valence-electron chi connectivity index (χ0n) is 54.0. The molecule has 8 heterocycles. The number of rotatable bonds is 11. The maximum absolute atomic E-state index is 12.7. The zero-order chi connectivity index (χ0) is 66.2. The minimum Gasteiger partial charge on any atom is -0.497 e. The SMILES string of the molecule is CCNC(=O)C[C@@H]1N=C(c2ccc(Cl)cc2)c2cc(OC)ccc2-n2c(C)nnc21.Cc1sc2c(c1C)C(c1ccc(Cl)cc1)=N[C@@H](CC(=O)OC(C)(C)C)c1nnc(C)n1-2.Cc1sc2c(c1C)C(c1ccc(Cl)cc1)=N[C@H](CC(=O)OC(C)(C)C)c1nnc(C)n1-2. The highest BCUT2D eigenvalue weighted by Gasteiger charge is 2.36. The van der Waals surface area contributed by atoms with Gasteiger partial charge in [-0.1, -0.05) is 71.2 Å². The van der Waals surface area contributed by atoms with Gasteiger partial charge in [0.15, 0.2) is 17.5 Å². The van der Waals surface area contributed by atoms with E-state index in [0.717, 1.165) is 94.8 Å². The fraction of sp³-hybridized carbons (Fsp3) is 0.353. The van der Waals surface area contributed by atoms with Crippen LogP contribution in [0.25, 0.3) is 15.7 Å². The Labute approximate surface area is 558 Å². The van der Waals surface area contributed by atoms with Gasteiger partial charge in [-0.2, -0.15) is 0 Å². The van der Waals surface area contributed by atoms with E-state index in [4.69, 9.17) is 64.0 Å². The first-order chi connectivity index (χ1) is 43.6. The van der Waals surface area contributed by atoms with Crippen molar-refractivity contribution in [2.75, 3.05) is 13.7 Å². The van der Waals surface area contributed by atoms with E-state index in [1.54, 1.807) is 29.8 Å². The minimum atomic E-state index is -0.569. The summed E-state index contributed by atoms with van der Waals surface area (Å²) in [5.74, 6) is 4.17. The molecule has 24 heteroatoms. The molecule has 1 N–H and O–H groups in total. The number of thiophene rings is 2. The average molecular weight is 1340 g/mol. The molecule has 0 unspecified atom stereocenters. The third-order valence-corrected chi connectivity index (χ3v) is 18.4. The van der Waals surface area contributed by atoms with Crippen LogP contribution < -0.4 is 10.1 Å². The summed E-state index contributed by atoms with van der Waals surface area (Å²) in [7, 11) is 1.63. The van der Waals surface area contributed by atoms with E-state index in [-0.39, 0.29) is 37.1 Å². The van der Waals surface area contributed by atoms with Crippen molar-refractivity contribution in [3.8, 4) is 21.4 Å². The molecule has 0 saturated carbocycles. The quantitative estimate of drug-likeness (QED) is 0.120. The van der Waals surface area contributed by atoms with E-state index < -0.39 is 29.3 Å². The number of hydrogen-bond acceptors (Lipinski definition) is 17. The Kier molecular flexibility index (Phi) is 19.7. The summed E-state index contributed by atoms with van der Waals surface area (Å²) in [6.07, 6.45) is 0.340. The van der Waals surface area contributed by atoms with Crippen molar-refractivity contribution in [3.05, 3.63) is 195 Å². The number of benzene rings is 4. The number of aryl methyl sites for hydroxylation is 5. The molecule has 0 radical (unpaired) electrons. The fourth-order valence-corrected chi connectivity index (χ4v) is 13.8. The van der Waals surface area contributed by atoms with Crippen LogP contribution in [0.3, 0.4) is 0 Å². The standard InChI is InChI=1S/2C23H25ClN4O2S.C22H22ClN5O2/c2*1-12-13(2)31-22-19(12)20(15-7-9-16(24)10-8-15)25-17(11-18(29)30-23(4,5)6)21-27-26-14(3)28(21)22;1-4-24-20(29)12-18-22-27-26-13(2)28(22)19-10-9-16(30-3)11-17(19)21(25-18)14-5-7-15(23)8-6-14/h2*7-10,17H,11H2,1-6H3;5-11,18H,4,12H2,1-3H3,(H,24,29)/t2*17-;18-/m100/s1. The monoisotopic (exact) mass is 1340 g/mol. The molecule has 0 saturated heterocycles.